The fourth-order valence-corrected chi connectivity index (χ4v) is 4.49. The van der Waals surface area contributed by atoms with Crippen LogP contribution in [0.4, 0.5) is 0 Å². The van der Waals surface area contributed by atoms with Crippen LogP contribution in [0.5, 0.6) is 0 Å². The zero-order chi connectivity index (χ0) is 14.8. The number of fused-ring (bicyclic) bond motifs is 1. The van der Waals surface area contributed by atoms with Gasteiger partial charge in [0.2, 0.25) is 5.91 Å². The zero-order valence-electron chi connectivity index (χ0n) is 12.7. The van der Waals surface area contributed by atoms with Crippen LogP contribution < -0.4 is 0 Å². The standard InChI is InChI=1S/C16H26N2O3/c19-14(17-8-3-1-2-4-9-17)11-18-10-12-6-5-7-13(12)15(18)16(20)21/h12-13,15H,1-11H2,(H,20,21). The first-order valence-corrected chi connectivity index (χ1v) is 8.41. The summed E-state index contributed by atoms with van der Waals surface area (Å²) >= 11 is 0. The maximum Gasteiger partial charge on any atom is 0.321 e. The summed E-state index contributed by atoms with van der Waals surface area (Å²) in [6.45, 7) is 2.78. The van der Waals surface area contributed by atoms with Crippen molar-refractivity contribution in [2.45, 2.75) is 51.0 Å². The Morgan fingerprint density at radius 2 is 1.71 bits per heavy atom. The topological polar surface area (TPSA) is 60.9 Å². The lowest BCUT2D eigenvalue weighted by molar-refractivity contribution is -0.144. The summed E-state index contributed by atoms with van der Waals surface area (Å²) in [5, 5.41) is 9.53. The Morgan fingerprint density at radius 3 is 2.38 bits per heavy atom. The maximum absolute atomic E-state index is 12.5. The highest BCUT2D eigenvalue weighted by molar-refractivity contribution is 5.80. The summed E-state index contributed by atoms with van der Waals surface area (Å²) in [6, 6.07) is -0.437. The molecular weight excluding hydrogens is 268 g/mol. The molecule has 3 rings (SSSR count). The van der Waals surface area contributed by atoms with Gasteiger partial charge in [0.15, 0.2) is 0 Å². The monoisotopic (exact) mass is 294 g/mol. The Bertz CT molecular complexity index is 404. The van der Waals surface area contributed by atoms with Gasteiger partial charge in [0, 0.05) is 19.6 Å². The summed E-state index contributed by atoms with van der Waals surface area (Å²) in [5.41, 5.74) is 0. The van der Waals surface area contributed by atoms with Crippen LogP contribution >= 0.6 is 0 Å². The average Bonchev–Trinajstić information content (AvgIpc) is 2.88. The van der Waals surface area contributed by atoms with E-state index in [0.29, 0.717) is 12.5 Å². The lowest BCUT2D eigenvalue weighted by Crippen LogP contribution is -2.46. The van der Waals surface area contributed by atoms with Crippen molar-refractivity contribution in [3.8, 4) is 0 Å². The molecule has 0 bridgehead atoms. The number of nitrogens with zero attached hydrogens (tertiary/aromatic N) is 2. The van der Waals surface area contributed by atoms with E-state index in [1.165, 1.54) is 12.8 Å². The van der Waals surface area contributed by atoms with E-state index in [9.17, 15) is 14.7 Å². The van der Waals surface area contributed by atoms with Gasteiger partial charge in [-0.25, -0.2) is 0 Å². The van der Waals surface area contributed by atoms with Gasteiger partial charge in [-0.1, -0.05) is 19.3 Å². The number of carbonyl (C=O) groups is 2. The molecule has 5 nitrogen and oxygen atoms in total. The molecule has 1 aliphatic carbocycles. The molecule has 1 amide bonds. The van der Waals surface area contributed by atoms with Gasteiger partial charge in [0.1, 0.15) is 6.04 Å². The lowest BCUT2D eigenvalue weighted by atomic mass is 9.94. The number of hydrogen-bond donors (Lipinski definition) is 1. The Labute approximate surface area is 126 Å². The lowest BCUT2D eigenvalue weighted by Gasteiger charge is -2.27. The van der Waals surface area contributed by atoms with Crippen LogP contribution in [-0.4, -0.2) is 59.0 Å². The minimum Gasteiger partial charge on any atom is -0.480 e. The normalized spacial score (nSPS) is 33.7. The van der Waals surface area contributed by atoms with Crippen molar-refractivity contribution in [3.05, 3.63) is 0 Å². The zero-order valence-corrected chi connectivity index (χ0v) is 12.7. The predicted octanol–water partition coefficient (Wildman–Crippen LogP) is 1.57. The number of hydrogen-bond acceptors (Lipinski definition) is 3. The molecule has 2 saturated heterocycles. The molecule has 3 unspecified atom stereocenters. The number of rotatable bonds is 3. The molecular formula is C16H26N2O3. The van der Waals surface area contributed by atoms with E-state index in [1.54, 1.807) is 0 Å². The van der Waals surface area contributed by atoms with E-state index in [1.807, 2.05) is 9.80 Å². The van der Waals surface area contributed by atoms with Gasteiger partial charge in [0.25, 0.3) is 0 Å². The van der Waals surface area contributed by atoms with Gasteiger partial charge < -0.3 is 10.0 Å². The van der Waals surface area contributed by atoms with Crippen LogP contribution in [0.3, 0.4) is 0 Å². The summed E-state index contributed by atoms with van der Waals surface area (Å²) in [5.74, 6) is 0.138. The second-order valence-electron chi connectivity index (χ2n) is 6.86. The number of carbonyl (C=O) groups excluding carboxylic acids is 1. The second-order valence-corrected chi connectivity index (χ2v) is 6.86. The van der Waals surface area contributed by atoms with Gasteiger partial charge in [0.05, 0.1) is 6.54 Å². The van der Waals surface area contributed by atoms with Crippen molar-refractivity contribution < 1.29 is 14.7 Å². The fraction of sp³-hybridized carbons (Fsp3) is 0.875. The molecule has 3 fully saturated rings. The maximum atomic E-state index is 12.5. The minimum absolute atomic E-state index is 0.128. The highest BCUT2D eigenvalue weighted by atomic mass is 16.4. The van der Waals surface area contributed by atoms with Crippen LogP contribution in [0.15, 0.2) is 0 Å². The second kappa shape index (κ2) is 6.34. The summed E-state index contributed by atoms with van der Waals surface area (Å²) in [7, 11) is 0. The first-order valence-electron chi connectivity index (χ1n) is 8.41. The van der Waals surface area contributed by atoms with Gasteiger partial charge in [-0.2, -0.15) is 0 Å². The van der Waals surface area contributed by atoms with Gasteiger partial charge in [-0.15, -0.1) is 0 Å². The molecule has 5 heteroatoms. The summed E-state index contributed by atoms with van der Waals surface area (Å²) in [6.07, 6.45) is 7.86. The number of likely N-dealkylation sites (tertiary alicyclic amines) is 2. The van der Waals surface area contributed by atoms with Crippen LogP contribution in [0, 0.1) is 11.8 Å². The average molecular weight is 294 g/mol. The Balaban J connectivity index is 1.63. The van der Waals surface area contributed by atoms with Crippen molar-refractivity contribution in [1.29, 1.82) is 0 Å². The van der Waals surface area contributed by atoms with Crippen molar-refractivity contribution in [3.63, 3.8) is 0 Å². The van der Waals surface area contributed by atoms with Crippen molar-refractivity contribution in [2.75, 3.05) is 26.2 Å². The van der Waals surface area contributed by atoms with Gasteiger partial charge >= 0.3 is 5.97 Å². The first kappa shape index (κ1) is 14.8. The molecule has 3 atom stereocenters. The molecule has 0 aromatic carbocycles. The highest BCUT2D eigenvalue weighted by Crippen LogP contribution is 2.42. The molecule has 1 saturated carbocycles. The van der Waals surface area contributed by atoms with Crippen molar-refractivity contribution >= 4 is 11.9 Å². The Hall–Kier alpha value is -1.10. The number of carboxylic acid groups (broad SMARTS) is 1. The number of carboxylic acids is 1. The Morgan fingerprint density at radius 1 is 1.00 bits per heavy atom. The molecule has 21 heavy (non-hydrogen) atoms. The Kier molecular flexibility index (Phi) is 4.48. The largest absolute Gasteiger partial charge is 0.480 e. The third-order valence-electron chi connectivity index (χ3n) is 5.54. The molecule has 2 heterocycles. The van der Waals surface area contributed by atoms with E-state index in [2.05, 4.69) is 0 Å². The van der Waals surface area contributed by atoms with Gasteiger partial charge in [-0.3, -0.25) is 14.5 Å². The van der Waals surface area contributed by atoms with Crippen LogP contribution in [0.25, 0.3) is 0 Å². The fourth-order valence-electron chi connectivity index (χ4n) is 4.49. The first-order chi connectivity index (χ1) is 10.2. The SMILES string of the molecule is O=C(O)C1C2CCCC2CN1CC(=O)N1CCCCCC1. The van der Waals surface area contributed by atoms with E-state index in [4.69, 9.17) is 0 Å². The van der Waals surface area contributed by atoms with Gasteiger partial charge in [-0.05, 0) is 37.5 Å². The summed E-state index contributed by atoms with van der Waals surface area (Å²) in [4.78, 5) is 28.0. The highest BCUT2D eigenvalue weighted by Gasteiger charge is 2.48. The molecule has 0 spiro atoms. The van der Waals surface area contributed by atoms with Crippen molar-refractivity contribution in [1.82, 2.24) is 9.80 Å². The third kappa shape index (κ3) is 3.07. The molecule has 2 aliphatic heterocycles. The van der Waals surface area contributed by atoms with Crippen LogP contribution in [0.1, 0.15) is 44.9 Å². The van der Waals surface area contributed by atoms with E-state index >= 15 is 0 Å². The quantitative estimate of drug-likeness (QED) is 0.858. The van der Waals surface area contributed by atoms with Crippen LogP contribution in [-0.2, 0) is 9.59 Å². The number of amides is 1. The predicted molar refractivity (Wildman–Crippen MR) is 78.9 cm³/mol. The molecule has 3 aliphatic rings. The molecule has 118 valence electrons. The molecule has 1 N–H and O–H groups in total. The smallest absolute Gasteiger partial charge is 0.321 e. The molecule has 0 aromatic heterocycles. The molecule has 0 aromatic rings. The van der Waals surface area contributed by atoms with Crippen LogP contribution in [0.2, 0.25) is 0 Å². The molecule has 0 radical (unpaired) electrons. The minimum atomic E-state index is -0.743. The third-order valence-corrected chi connectivity index (χ3v) is 5.54. The van der Waals surface area contributed by atoms with E-state index in [-0.39, 0.29) is 11.8 Å². The van der Waals surface area contributed by atoms with E-state index < -0.39 is 12.0 Å². The van der Waals surface area contributed by atoms with E-state index in [0.717, 1.165) is 51.7 Å². The van der Waals surface area contributed by atoms with Crippen molar-refractivity contribution in [2.24, 2.45) is 11.8 Å². The number of aliphatic carboxylic acids is 1. The summed E-state index contributed by atoms with van der Waals surface area (Å²) < 4.78 is 0.